The molecular weight excluding hydrogens is 558 g/mol. The van der Waals surface area contributed by atoms with Gasteiger partial charge < -0.3 is 20.1 Å². The Morgan fingerprint density at radius 1 is 1.23 bits per heavy atom. The Morgan fingerprint density at radius 3 is 2.48 bits per heavy atom. The molecule has 1 heterocycles. The number of halogens is 4. The van der Waals surface area contributed by atoms with E-state index in [0.717, 1.165) is 28.6 Å². The smallest absolute Gasteiger partial charge is 0.389 e. The Bertz CT molecular complexity index is 1320. The van der Waals surface area contributed by atoms with Crippen LogP contribution in [0.25, 0.3) is 0 Å². The number of likely N-dealkylation sites (N-methyl/N-ethyl adjacent to an activating group) is 1. The largest absolute Gasteiger partial charge is 0.488 e. The highest BCUT2D eigenvalue weighted by Gasteiger charge is 2.35. The molecule has 0 aliphatic carbocycles. The highest BCUT2D eigenvalue weighted by molar-refractivity contribution is 7.89. The fraction of sp³-hybridized carbons (Fsp3) is 0.462. The van der Waals surface area contributed by atoms with E-state index in [1.165, 1.54) is 30.1 Å². The van der Waals surface area contributed by atoms with Gasteiger partial charge in [0.05, 0.1) is 36.1 Å². The van der Waals surface area contributed by atoms with Gasteiger partial charge in [-0.2, -0.15) is 17.5 Å². The van der Waals surface area contributed by atoms with E-state index in [-0.39, 0.29) is 41.6 Å². The molecule has 40 heavy (non-hydrogen) atoms. The molecule has 2 aromatic rings. The fourth-order valence-corrected chi connectivity index (χ4v) is 5.32. The highest BCUT2D eigenvalue weighted by atomic mass is 32.2. The number of hydrogen-bond acceptors (Lipinski definition) is 6. The maximum Gasteiger partial charge on any atom is 0.389 e. The van der Waals surface area contributed by atoms with Gasteiger partial charge in [0.1, 0.15) is 17.7 Å². The monoisotopic (exact) mass is 589 g/mol. The van der Waals surface area contributed by atoms with Crippen molar-refractivity contribution in [2.75, 3.05) is 32.1 Å². The molecule has 14 heteroatoms. The number of aliphatic hydroxyl groups is 1. The number of nitrogens with zero attached hydrogens (tertiary/aromatic N) is 2. The van der Waals surface area contributed by atoms with Gasteiger partial charge in [-0.05, 0) is 49.4 Å². The number of alkyl halides is 3. The van der Waals surface area contributed by atoms with Gasteiger partial charge in [-0.3, -0.25) is 9.59 Å². The SMILES string of the molecule is C[C@@H]1CN([C@@H](C)CO)C(=O)c2cc(NC(=O)CCC(F)(F)F)ccc2O[C@@H]1CN(C)S(=O)(=O)c1ccc(F)cc1. The molecule has 3 atom stereocenters. The average molecular weight is 590 g/mol. The lowest BCUT2D eigenvalue weighted by Crippen LogP contribution is -2.50. The van der Waals surface area contributed by atoms with E-state index in [9.17, 15) is 40.7 Å². The van der Waals surface area contributed by atoms with Crippen LogP contribution in [-0.2, 0) is 14.8 Å². The number of carbonyl (C=O) groups excluding carboxylic acids is 2. The standard InChI is InChI=1S/C26H31F4N3O6S/c1-16-13-33(17(2)15-34)25(36)21-12-19(31-24(35)10-11-26(28,29)30)6-9-22(21)39-23(16)14-32(3)40(37,38)20-7-4-18(27)5-8-20/h4-9,12,16-17,23,34H,10-11,13-15H2,1-3H3,(H,31,35)/t16-,17+,23-/m1/s1. The number of ether oxygens (including phenoxy) is 1. The molecule has 0 aromatic heterocycles. The third-order valence-corrected chi connectivity index (χ3v) is 8.38. The summed E-state index contributed by atoms with van der Waals surface area (Å²) in [5.41, 5.74) is 0.0514. The summed E-state index contributed by atoms with van der Waals surface area (Å²) in [6, 6.07) is 7.72. The normalized spacial score (nSPS) is 18.9. The second-order valence-corrected chi connectivity index (χ2v) is 11.8. The van der Waals surface area contributed by atoms with Gasteiger partial charge in [-0.15, -0.1) is 0 Å². The summed E-state index contributed by atoms with van der Waals surface area (Å²) >= 11 is 0. The first-order valence-corrected chi connectivity index (χ1v) is 13.9. The van der Waals surface area contributed by atoms with Crippen LogP contribution in [0.4, 0.5) is 23.2 Å². The van der Waals surface area contributed by atoms with E-state index < -0.39 is 64.7 Å². The van der Waals surface area contributed by atoms with Crippen molar-refractivity contribution in [2.45, 2.75) is 49.9 Å². The first-order valence-electron chi connectivity index (χ1n) is 12.4. The average Bonchev–Trinajstić information content (AvgIpc) is 2.89. The predicted octanol–water partition coefficient (Wildman–Crippen LogP) is 3.65. The van der Waals surface area contributed by atoms with Crippen LogP contribution in [0.2, 0.25) is 0 Å². The molecule has 0 unspecified atom stereocenters. The van der Waals surface area contributed by atoms with Crippen LogP contribution < -0.4 is 10.1 Å². The molecule has 9 nitrogen and oxygen atoms in total. The molecular formula is C26H31F4N3O6S. The summed E-state index contributed by atoms with van der Waals surface area (Å²) in [6.07, 6.45) is -7.39. The van der Waals surface area contributed by atoms with E-state index in [1.54, 1.807) is 13.8 Å². The number of anilines is 1. The summed E-state index contributed by atoms with van der Waals surface area (Å²) in [6.45, 7) is 2.94. The molecule has 0 saturated heterocycles. The van der Waals surface area contributed by atoms with Gasteiger partial charge in [0.25, 0.3) is 5.91 Å². The second-order valence-electron chi connectivity index (χ2n) is 9.74. The quantitative estimate of drug-likeness (QED) is 0.432. The minimum atomic E-state index is -4.50. The molecule has 2 aromatic carbocycles. The maximum atomic E-state index is 13.5. The van der Waals surface area contributed by atoms with Crippen LogP contribution in [0.3, 0.4) is 0 Å². The summed E-state index contributed by atoms with van der Waals surface area (Å²) < 4.78 is 84.2. The molecule has 0 radical (unpaired) electrons. The zero-order valence-corrected chi connectivity index (χ0v) is 22.9. The van der Waals surface area contributed by atoms with Crippen molar-refractivity contribution >= 4 is 27.5 Å². The van der Waals surface area contributed by atoms with Crippen molar-refractivity contribution in [3.63, 3.8) is 0 Å². The highest BCUT2D eigenvalue weighted by Crippen LogP contribution is 2.31. The number of fused-ring (bicyclic) bond motifs is 1. The van der Waals surface area contributed by atoms with Gasteiger partial charge in [0.2, 0.25) is 15.9 Å². The van der Waals surface area contributed by atoms with Crippen molar-refractivity contribution < 1.29 is 45.4 Å². The zero-order valence-electron chi connectivity index (χ0n) is 22.1. The molecule has 3 rings (SSSR count). The lowest BCUT2D eigenvalue weighted by atomic mass is 9.99. The van der Waals surface area contributed by atoms with Gasteiger partial charge in [0, 0.05) is 31.6 Å². The van der Waals surface area contributed by atoms with Crippen LogP contribution in [0.5, 0.6) is 5.75 Å². The van der Waals surface area contributed by atoms with E-state index in [2.05, 4.69) is 5.32 Å². The van der Waals surface area contributed by atoms with E-state index in [0.29, 0.717) is 0 Å². The van der Waals surface area contributed by atoms with E-state index >= 15 is 0 Å². The molecule has 220 valence electrons. The van der Waals surface area contributed by atoms with Crippen molar-refractivity contribution in [3.05, 3.63) is 53.8 Å². The number of carbonyl (C=O) groups is 2. The van der Waals surface area contributed by atoms with Crippen LogP contribution in [0.15, 0.2) is 47.4 Å². The van der Waals surface area contributed by atoms with Crippen molar-refractivity contribution in [1.82, 2.24) is 9.21 Å². The van der Waals surface area contributed by atoms with Gasteiger partial charge in [-0.1, -0.05) is 6.92 Å². The number of hydrogen-bond donors (Lipinski definition) is 2. The number of aliphatic hydroxyl groups excluding tert-OH is 1. The van der Waals surface area contributed by atoms with Gasteiger partial charge in [-0.25, -0.2) is 12.8 Å². The molecule has 2 N–H and O–H groups in total. The summed E-state index contributed by atoms with van der Waals surface area (Å²) in [5.74, 6) is -2.37. The molecule has 0 fully saturated rings. The second kappa shape index (κ2) is 12.5. The van der Waals surface area contributed by atoms with Gasteiger partial charge >= 0.3 is 6.18 Å². The number of rotatable bonds is 9. The Balaban J connectivity index is 1.91. The molecule has 0 bridgehead atoms. The lowest BCUT2D eigenvalue weighted by Gasteiger charge is -2.38. The molecule has 0 saturated carbocycles. The van der Waals surface area contributed by atoms with Crippen LogP contribution in [0, 0.1) is 11.7 Å². The summed E-state index contributed by atoms with van der Waals surface area (Å²) in [5, 5.41) is 12.1. The third-order valence-electron chi connectivity index (χ3n) is 6.54. The Kier molecular flexibility index (Phi) is 9.80. The topological polar surface area (TPSA) is 116 Å². The lowest BCUT2D eigenvalue weighted by molar-refractivity contribution is -0.142. The Morgan fingerprint density at radius 2 is 1.88 bits per heavy atom. The van der Waals surface area contributed by atoms with E-state index in [4.69, 9.17) is 4.74 Å². The minimum Gasteiger partial charge on any atom is -0.488 e. The van der Waals surface area contributed by atoms with Crippen molar-refractivity contribution in [3.8, 4) is 5.75 Å². The number of benzene rings is 2. The van der Waals surface area contributed by atoms with Crippen LogP contribution in [-0.4, -0.2) is 79.6 Å². The minimum absolute atomic E-state index is 0.0186. The molecule has 0 spiro atoms. The van der Waals surface area contributed by atoms with Crippen LogP contribution in [0.1, 0.15) is 37.0 Å². The first kappa shape index (κ1) is 31.3. The number of amides is 2. The predicted molar refractivity (Wildman–Crippen MR) is 138 cm³/mol. The van der Waals surface area contributed by atoms with Crippen LogP contribution >= 0.6 is 0 Å². The number of nitrogens with one attached hydrogen (secondary N) is 1. The molecule has 1 aliphatic heterocycles. The Labute approximate surface area is 229 Å². The van der Waals surface area contributed by atoms with Crippen molar-refractivity contribution in [2.24, 2.45) is 5.92 Å². The summed E-state index contributed by atoms with van der Waals surface area (Å²) in [7, 11) is -2.68. The van der Waals surface area contributed by atoms with Gasteiger partial charge in [0.15, 0.2) is 0 Å². The van der Waals surface area contributed by atoms with E-state index in [1.807, 2.05) is 0 Å². The molecule has 1 aliphatic rings. The number of sulfonamides is 1. The maximum absolute atomic E-state index is 13.5. The first-order chi connectivity index (χ1) is 18.6. The molecule has 2 amide bonds. The van der Waals surface area contributed by atoms with Crippen molar-refractivity contribution in [1.29, 1.82) is 0 Å². The zero-order chi connectivity index (χ0) is 29.8. The Hall–Kier alpha value is -3.23. The summed E-state index contributed by atoms with van der Waals surface area (Å²) in [4.78, 5) is 26.8. The third kappa shape index (κ3) is 7.70. The fourth-order valence-electron chi connectivity index (χ4n) is 4.14.